The number of thiocarbonyl (C=S) groups is 1. The highest BCUT2D eigenvalue weighted by atomic mass is 35.5. The fourth-order valence-corrected chi connectivity index (χ4v) is 2.57. The van der Waals surface area contributed by atoms with Crippen LogP contribution in [0.1, 0.15) is 10.4 Å². The molecule has 2 aromatic rings. The zero-order valence-corrected chi connectivity index (χ0v) is 13.4. The van der Waals surface area contributed by atoms with Gasteiger partial charge in [-0.3, -0.25) is 10.1 Å². The van der Waals surface area contributed by atoms with E-state index in [1.165, 1.54) is 6.08 Å². The first-order valence-electron chi connectivity index (χ1n) is 6.19. The van der Waals surface area contributed by atoms with Gasteiger partial charge in [0.05, 0.1) is 6.54 Å². The van der Waals surface area contributed by atoms with Crippen LogP contribution in [0.4, 0.5) is 0 Å². The number of hydrogen-bond donors (Lipinski definition) is 2. The van der Waals surface area contributed by atoms with Gasteiger partial charge in [-0.05, 0) is 41.4 Å². The lowest BCUT2D eigenvalue weighted by Crippen LogP contribution is -2.37. The van der Waals surface area contributed by atoms with Gasteiger partial charge in [0.25, 0.3) is 0 Å². The maximum Gasteiger partial charge on any atom is 0.250 e. The average Bonchev–Trinajstić information content (AvgIpc) is 2.97. The first-order chi connectivity index (χ1) is 10.1. The Morgan fingerprint density at radius 1 is 1.29 bits per heavy atom. The Kier molecular flexibility index (Phi) is 5.92. The average molecular weight is 337 g/mol. The molecule has 2 N–H and O–H groups in total. The van der Waals surface area contributed by atoms with E-state index in [4.69, 9.17) is 23.8 Å². The van der Waals surface area contributed by atoms with Crippen LogP contribution in [0, 0.1) is 0 Å². The van der Waals surface area contributed by atoms with Crippen molar-refractivity contribution in [2.75, 3.05) is 0 Å². The van der Waals surface area contributed by atoms with Crippen LogP contribution in [0.15, 0.2) is 47.9 Å². The van der Waals surface area contributed by atoms with E-state index in [9.17, 15) is 4.79 Å². The molecule has 1 aromatic heterocycles. The third kappa shape index (κ3) is 5.30. The van der Waals surface area contributed by atoms with Gasteiger partial charge in [0.1, 0.15) is 0 Å². The van der Waals surface area contributed by atoms with Crippen molar-refractivity contribution in [1.82, 2.24) is 10.6 Å². The predicted molar refractivity (Wildman–Crippen MR) is 92.4 cm³/mol. The second-order valence-electron chi connectivity index (χ2n) is 4.11. The standard InChI is InChI=1S/C15H13ClN2OS2/c16-13-6-2-1-4-11(13)7-8-14(19)18-15(20)17-10-12-5-3-9-21-12/h1-9H,10H2,(H2,17,18,19,20)/b8-7+. The molecule has 1 amide bonds. The van der Waals surface area contributed by atoms with E-state index in [-0.39, 0.29) is 5.91 Å². The molecule has 0 aliphatic heterocycles. The van der Waals surface area contributed by atoms with Crippen LogP contribution in [0.3, 0.4) is 0 Å². The van der Waals surface area contributed by atoms with Crippen LogP contribution in [0.25, 0.3) is 6.08 Å². The zero-order valence-electron chi connectivity index (χ0n) is 11.0. The molecule has 21 heavy (non-hydrogen) atoms. The monoisotopic (exact) mass is 336 g/mol. The van der Waals surface area contributed by atoms with Crippen LogP contribution in [-0.4, -0.2) is 11.0 Å². The summed E-state index contributed by atoms with van der Waals surface area (Å²) in [6, 6.07) is 11.3. The Hall–Kier alpha value is -1.69. The Labute approximate surface area is 137 Å². The summed E-state index contributed by atoms with van der Waals surface area (Å²) in [6.07, 6.45) is 3.06. The van der Waals surface area contributed by atoms with Gasteiger partial charge in [-0.15, -0.1) is 11.3 Å². The molecule has 108 valence electrons. The minimum atomic E-state index is -0.293. The largest absolute Gasteiger partial charge is 0.357 e. The molecule has 0 bridgehead atoms. The summed E-state index contributed by atoms with van der Waals surface area (Å²) < 4.78 is 0. The second-order valence-corrected chi connectivity index (χ2v) is 5.95. The van der Waals surface area contributed by atoms with Crippen molar-refractivity contribution >= 4 is 52.3 Å². The summed E-state index contributed by atoms with van der Waals surface area (Å²) in [5.41, 5.74) is 0.784. The van der Waals surface area contributed by atoms with Crippen LogP contribution >= 0.6 is 35.2 Å². The summed E-state index contributed by atoms with van der Waals surface area (Å²) in [5.74, 6) is -0.293. The predicted octanol–water partition coefficient (Wildman–Crippen LogP) is 3.61. The first-order valence-corrected chi connectivity index (χ1v) is 7.85. The molecule has 0 saturated heterocycles. The molecule has 0 fully saturated rings. The number of nitrogens with one attached hydrogen (secondary N) is 2. The third-order valence-corrected chi connectivity index (χ3v) is 4.03. The molecule has 3 nitrogen and oxygen atoms in total. The van der Waals surface area contributed by atoms with Gasteiger partial charge < -0.3 is 5.32 Å². The molecule has 0 spiro atoms. The number of rotatable bonds is 4. The fourth-order valence-electron chi connectivity index (χ4n) is 1.55. The lowest BCUT2D eigenvalue weighted by molar-refractivity contribution is -0.115. The van der Waals surface area contributed by atoms with Crippen molar-refractivity contribution < 1.29 is 4.79 Å². The molecule has 0 aliphatic rings. The minimum absolute atomic E-state index is 0.293. The molecule has 1 aromatic carbocycles. The van der Waals surface area contributed by atoms with Gasteiger partial charge in [-0.1, -0.05) is 35.9 Å². The van der Waals surface area contributed by atoms with Crippen molar-refractivity contribution in [2.24, 2.45) is 0 Å². The molecule has 0 radical (unpaired) electrons. The molecular formula is C15H13ClN2OS2. The van der Waals surface area contributed by atoms with E-state index in [1.807, 2.05) is 35.7 Å². The highest BCUT2D eigenvalue weighted by molar-refractivity contribution is 7.80. The maximum atomic E-state index is 11.7. The van der Waals surface area contributed by atoms with Crippen LogP contribution < -0.4 is 10.6 Å². The smallest absolute Gasteiger partial charge is 0.250 e. The normalized spacial score (nSPS) is 10.5. The lowest BCUT2D eigenvalue weighted by atomic mass is 10.2. The SMILES string of the molecule is O=C(/C=C/c1ccccc1Cl)NC(=S)NCc1cccs1. The van der Waals surface area contributed by atoms with E-state index in [0.717, 1.165) is 10.4 Å². The zero-order chi connectivity index (χ0) is 15.1. The number of hydrogen-bond acceptors (Lipinski definition) is 3. The van der Waals surface area contributed by atoms with E-state index in [1.54, 1.807) is 23.5 Å². The van der Waals surface area contributed by atoms with Gasteiger partial charge in [-0.25, -0.2) is 0 Å². The van der Waals surface area contributed by atoms with Crippen molar-refractivity contribution in [1.29, 1.82) is 0 Å². The number of carbonyl (C=O) groups is 1. The topological polar surface area (TPSA) is 41.1 Å². The van der Waals surface area contributed by atoms with Gasteiger partial charge >= 0.3 is 0 Å². The molecule has 2 rings (SSSR count). The fraction of sp³-hybridized carbons (Fsp3) is 0.0667. The maximum absolute atomic E-state index is 11.7. The van der Waals surface area contributed by atoms with Crippen LogP contribution in [0.5, 0.6) is 0 Å². The Morgan fingerprint density at radius 2 is 2.10 bits per heavy atom. The number of thiophene rings is 1. The van der Waals surface area contributed by atoms with Crippen molar-refractivity contribution in [3.05, 3.63) is 63.3 Å². The first kappa shape index (κ1) is 15.7. The van der Waals surface area contributed by atoms with E-state index < -0.39 is 0 Å². The number of amides is 1. The molecule has 1 heterocycles. The van der Waals surface area contributed by atoms with Crippen molar-refractivity contribution in [3.8, 4) is 0 Å². The highest BCUT2D eigenvalue weighted by Crippen LogP contribution is 2.15. The number of halogens is 1. The second kappa shape index (κ2) is 7.93. The molecule has 6 heteroatoms. The molecule has 0 aliphatic carbocycles. The lowest BCUT2D eigenvalue weighted by Gasteiger charge is -2.06. The summed E-state index contributed by atoms with van der Waals surface area (Å²) >= 11 is 12.7. The van der Waals surface area contributed by atoms with E-state index in [0.29, 0.717) is 16.7 Å². The van der Waals surface area contributed by atoms with Crippen molar-refractivity contribution in [3.63, 3.8) is 0 Å². The highest BCUT2D eigenvalue weighted by Gasteiger charge is 2.02. The minimum Gasteiger partial charge on any atom is -0.357 e. The Bertz CT molecular complexity index is 653. The number of benzene rings is 1. The van der Waals surface area contributed by atoms with E-state index >= 15 is 0 Å². The summed E-state index contributed by atoms with van der Waals surface area (Å²) in [5, 5.41) is 8.45. The van der Waals surface area contributed by atoms with E-state index in [2.05, 4.69) is 10.6 Å². The number of carbonyl (C=O) groups excluding carboxylic acids is 1. The molecular weight excluding hydrogens is 324 g/mol. The summed E-state index contributed by atoms with van der Waals surface area (Å²) in [7, 11) is 0. The molecule has 0 saturated carbocycles. The Morgan fingerprint density at radius 3 is 2.81 bits per heavy atom. The van der Waals surface area contributed by atoms with Crippen LogP contribution in [0.2, 0.25) is 5.02 Å². The molecule has 0 atom stereocenters. The van der Waals surface area contributed by atoms with Gasteiger partial charge in [0, 0.05) is 16.0 Å². The summed E-state index contributed by atoms with van der Waals surface area (Å²) in [4.78, 5) is 12.9. The van der Waals surface area contributed by atoms with Crippen LogP contribution in [-0.2, 0) is 11.3 Å². The van der Waals surface area contributed by atoms with Gasteiger partial charge in [0.15, 0.2) is 5.11 Å². The van der Waals surface area contributed by atoms with Gasteiger partial charge in [-0.2, -0.15) is 0 Å². The van der Waals surface area contributed by atoms with Crippen molar-refractivity contribution in [2.45, 2.75) is 6.54 Å². The third-order valence-electron chi connectivity index (χ3n) is 2.56. The Balaban J connectivity index is 1.81. The molecule has 0 unspecified atom stereocenters. The summed E-state index contributed by atoms with van der Waals surface area (Å²) in [6.45, 7) is 0.602. The van der Waals surface area contributed by atoms with Gasteiger partial charge in [0.2, 0.25) is 5.91 Å². The quantitative estimate of drug-likeness (QED) is 0.662.